The lowest BCUT2D eigenvalue weighted by Gasteiger charge is -2.16. The molecule has 18 rings (SSSR count). The van der Waals surface area contributed by atoms with Crippen LogP contribution in [-0.2, 0) is 0 Å². The molecule has 0 atom stereocenters. The maximum Gasteiger partial charge on any atom is 0.140 e. The molecule has 6 aromatic heterocycles. The first-order chi connectivity index (χ1) is 49.3. The van der Waals surface area contributed by atoms with Crippen molar-refractivity contribution in [3.63, 3.8) is 0 Å². The van der Waals surface area contributed by atoms with Gasteiger partial charge in [-0.2, -0.15) is 31.6 Å². The van der Waals surface area contributed by atoms with Crippen LogP contribution in [0.5, 0.6) is 0 Å². The van der Waals surface area contributed by atoms with Crippen LogP contribution < -0.4 is 0 Å². The lowest BCUT2D eigenvalue weighted by Crippen LogP contribution is -2.04. The molecule has 18 aromatic rings. The highest BCUT2D eigenvalue weighted by Crippen LogP contribution is 2.43. The summed E-state index contributed by atoms with van der Waals surface area (Å²) in [5.74, 6) is 2.88. The van der Waals surface area contributed by atoms with E-state index in [1.807, 2.05) is 158 Å². The normalized spacial score (nSPS) is 11.1. The number of hydrogen-bond donors (Lipinski definition) is 0. The first-order valence-corrected chi connectivity index (χ1v) is 32.3. The SMILES string of the molecule is N#Cc1ccc(-c2ccccc2-c2cc(-n3c4ccccc4c4ccccc43)nc(-n3c4ccc(C#N)cc4c4cc(C#N)ccc43)c2)cc1.N#Cc1cccc(-c2ccccc2-c2cc(-n3c4ccccc4c4ccccc43)nc(-n3c4ccc(C#N)cc4c4cc(C#N)ccc43)c2)c1. The van der Waals surface area contributed by atoms with Crippen LogP contribution >= 0.6 is 0 Å². The molecule has 0 aliphatic carbocycles. The van der Waals surface area contributed by atoms with Crippen molar-refractivity contribution in [2.75, 3.05) is 0 Å². The molecule has 0 N–H and O–H groups in total. The van der Waals surface area contributed by atoms with E-state index in [0.29, 0.717) is 45.0 Å². The zero-order valence-electron chi connectivity index (χ0n) is 53.1. The number of hydrogen-bond acceptors (Lipinski definition) is 8. The first kappa shape index (κ1) is 58.9. The minimum absolute atomic E-state index is 0.542. The minimum atomic E-state index is 0.542. The number of aromatic nitrogens is 6. The highest BCUT2D eigenvalue weighted by atomic mass is 15.2. The Morgan fingerprint density at radius 1 is 0.190 bits per heavy atom. The molecule has 0 spiro atoms. The van der Waals surface area contributed by atoms with Gasteiger partial charge in [-0.3, -0.25) is 18.3 Å². The second-order valence-electron chi connectivity index (χ2n) is 24.4. The third-order valence-electron chi connectivity index (χ3n) is 18.8. The molecule has 460 valence electrons. The van der Waals surface area contributed by atoms with E-state index < -0.39 is 0 Å². The third-order valence-corrected chi connectivity index (χ3v) is 18.8. The Morgan fingerprint density at radius 2 is 0.450 bits per heavy atom. The summed E-state index contributed by atoms with van der Waals surface area (Å²) in [5, 5.41) is 66.3. The van der Waals surface area contributed by atoms with Gasteiger partial charge in [0.05, 0.1) is 114 Å². The van der Waals surface area contributed by atoms with Crippen molar-refractivity contribution in [3.05, 3.63) is 325 Å². The van der Waals surface area contributed by atoms with E-state index in [1.165, 1.54) is 0 Å². The van der Waals surface area contributed by atoms with Crippen LogP contribution in [0.1, 0.15) is 33.4 Å². The molecular weight excluding hydrogens is 1230 g/mol. The number of nitriles is 6. The Labute approximate surface area is 572 Å². The van der Waals surface area contributed by atoms with E-state index in [4.69, 9.17) is 9.97 Å². The fourth-order valence-electron chi connectivity index (χ4n) is 14.4. The minimum Gasteiger partial charge on any atom is -0.294 e. The fraction of sp³-hybridized carbons (Fsp3) is 0. The van der Waals surface area contributed by atoms with Crippen LogP contribution in [0, 0.1) is 68.0 Å². The van der Waals surface area contributed by atoms with Crippen LogP contribution in [0.25, 0.3) is 155 Å². The maximum atomic E-state index is 9.78. The topological polar surface area (TPSA) is 188 Å². The summed E-state index contributed by atoms with van der Waals surface area (Å²) in [6, 6.07) is 110. The molecular formula is C88H48N12. The van der Waals surface area contributed by atoms with Gasteiger partial charge in [0.25, 0.3) is 0 Å². The van der Waals surface area contributed by atoms with Gasteiger partial charge in [-0.1, -0.05) is 146 Å². The number of para-hydroxylation sites is 4. The number of benzene rings is 12. The number of nitrogens with zero attached hydrogens (tertiary/aromatic N) is 12. The standard InChI is InChI=1S/2C44H24N6/c45-25-28-8-7-9-31(20-28)33-10-1-2-11-34(33)32-23-43(49-39-14-5-3-12-35(39)36-13-4-6-15-40(36)49)48-44(24-32)50-41-18-16-29(26-46)21-37(41)38-22-30(27-47)17-19-42(38)50;45-25-28-13-17-31(18-14-28)33-7-1-2-8-34(33)32-23-43(49-39-11-5-3-9-35(39)36-10-4-6-12-40(36)49)48-44(24-32)50-41-19-15-29(26-46)21-37(41)38-22-30(27-47)16-20-42(38)50/h2*1-24H. The molecule has 12 heteroatoms. The van der Waals surface area contributed by atoms with Gasteiger partial charge < -0.3 is 0 Å². The molecule has 0 saturated heterocycles. The third kappa shape index (κ3) is 9.79. The van der Waals surface area contributed by atoms with Gasteiger partial charge in [0.2, 0.25) is 0 Å². The van der Waals surface area contributed by atoms with Crippen LogP contribution in [0.4, 0.5) is 0 Å². The molecule has 6 heterocycles. The van der Waals surface area contributed by atoms with E-state index >= 15 is 0 Å². The predicted molar refractivity (Wildman–Crippen MR) is 396 cm³/mol. The molecule has 0 fully saturated rings. The second-order valence-corrected chi connectivity index (χ2v) is 24.4. The van der Waals surface area contributed by atoms with Gasteiger partial charge in [0.1, 0.15) is 23.3 Å². The van der Waals surface area contributed by atoms with Gasteiger partial charge in [-0.15, -0.1) is 0 Å². The molecule has 12 aromatic carbocycles. The summed E-state index contributed by atoms with van der Waals surface area (Å²) >= 11 is 0. The van der Waals surface area contributed by atoms with E-state index in [9.17, 15) is 31.6 Å². The van der Waals surface area contributed by atoms with Crippen molar-refractivity contribution in [1.29, 1.82) is 31.6 Å². The fourth-order valence-corrected chi connectivity index (χ4v) is 14.4. The van der Waals surface area contributed by atoms with Crippen LogP contribution in [0.2, 0.25) is 0 Å². The molecule has 0 unspecified atom stereocenters. The summed E-state index contributed by atoms with van der Waals surface area (Å²) in [7, 11) is 0. The van der Waals surface area contributed by atoms with Crippen molar-refractivity contribution in [2.45, 2.75) is 0 Å². The van der Waals surface area contributed by atoms with Crippen molar-refractivity contribution in [3.8, 4) is 104 Å². The van der Waals surface area contributed by atoms with Crippen molar-refractivity contribution in [2.24, 2.45) is 0 Å². The molecule has 100 heavy (non-hydrogen) atoms. The van der Waals surface area contributed by atoms with Crippen LogP contribution in [0.3, 0.4) is 0 Å². The molecule has 0 aliphatic heterocycles. The summed E-state index contributed by atoms with van der Waals surface area (Å²) in [4.78, 5) is 10.8. The Hall–Kier alpha value is -14.9. The molecule has 0 aliphatic rings. The number of pyridine rings is 2. The van der Waals surface area contributed by atoms with Crippen molar-refractivity contribution < 1.29 is 0 Å². The van der Waals surface area contributed by atoms with Gasteiger partial charge in [0.15, 0.2) is 0 Å². The van der Waals surface area contributed by atoms with Gasteiger partial charge in [-0.25, -0.2) is 9.97 Å². The summed E-state index contributed by atoms with van der Waals surface area (Å²) in [6.45, 7) is 0. The average Bonchev–Trinajstić information content (AvgIpc) is 1.57. The van der Waals surface area contributed by atoms with Crippen molar-refractivity contribution >= 4 is 87.2 Å². The monoisotopic (exact) mass is 1270 g/mol. The molecule has 0 saturated carbocycles. The van der Waals surface area contributed by atoms with Crippen molar-refractivity contribution in [1.82, 2.24) is 28.2 Å². The Kier molecular flexibility index (Phi) is 14.2. The quantitative estimate of drug-likeness (QED) is 0.144. The molecule has 0 bridgehead atoms. The first-order valence-electron chi connectivity index (χ1n) is 32.3. The van der Waals surface area contributed by atoms with E-state index in [1.54, 1.807) is 0 Å². The Balaban J connectivity index is 0.000000150. The van der Waals surface area contributed by atoms with E-state index in [-0.39, 0.29) is 0 Å². The lowest BCUT2D eigenvalue weighted by molar-refractivity contribution is 1.01. The molecule has 12 nitrogen and oxygen atoms in total. The average molecular weight is 1270 g/mol. The summed E-state index contributed by atoms with van der Waals surface area (Å²) < 4.78 is 8.68. The van der Waals surface area contributed by atoms with Crippen LogP contribution in [0.15, 0.2) is 291 Å². The number of rotatable bonds is 8. The zero-order chi connectivity index (χ0) is 67.5. The predicted octanol–water partition coefficient (Wildman–Crippen LogP) is 20.4. The van der Waals surface area contributed by atoms with E-state index in [0.717, 1.165) is 143 Å². The van der Waals surface area contributed by atoms with E-state index in [2.05, 4.69) is 188 Å². The zero-order valence-corrected chi connectivity index (χ0v) is 53.1. The summed E-state index contributed by atoms with van der Waals surface area (Å²) in [5.41, 5.74) is 19.0. The highest BCUT2D eigenvalue weighted by Gasteiger charge is 2.24. The highest BCUT2D eigenvalue weighted by molar-refractivity contribution is 6.13. The largest absolute Gasteiger partial charge is 0.294 e. The van der Waals surface area contributed by atoms with Crippen LogP contribution in [-0.4, -0.2) is 28.2 Å². The number of fused-ring (bicyclic) bond motifs is 12. The van der Waals surface area contributed by atoms with Gasteiger partial charge in [0, 0.05) is 43.1 Å². The molecule has 0 amide bonds. The maximum absolute atomic E-state index is 9.78. The lowest BCUT2D eigenvalue weighted by atomic mass is 9.94. The van der Waals surface area contributed by atoms with Gasteiger partial charge >= 0.3 is 0 Å². The summed E-state index contributed by atoms with van der Waals surface area (Å²) in [6.07, 6.45) is 0. The molecule has 0 radical (unpaired) electrons. The van der Waals surface area contributed by atoms with Gasteiger partial charge in [-0.05, 0) is 190 Å². The smallest absolute Gasteiger partial charge is 0.140 e. The Morgan fingerprint density at radius 3 is 0.770 bits per heavy atom. The Bertz CT molecular complexity index is 6500. The second kappa shape index (κ2) is 24.1.